The van der Waals surface area contributed by atoms with Crippen LogP contribution in [-0.2, 0) is 32.7 Å². The van der Waals surface area contributed by atoms with E-state index in [-0.39, 0.29) is 26.1 Å². The maximum atomic E-state index is 12.7. The van der Waals surface area contributed by atoms with Crippen molar-refractivity contribution in [3.8, 4) is 0 Å². The fraction of sp³-hybridized carbons (Fsp3) is 0.656. The molecule has 0 rings (SSSR count). The molecule has 0 saturated heterocycles. The van der Waals surface area contributed by atoms with Gasteiger partial charge in [0, 0.05) is 12.8 Å². The Bertz CT molecular complexity index is 1660. The largest absolute Gasteiger partial charge is 0.756 e. The van der Waals surface area contributed by atoms with E-state index in [0.717, 1.165) is 109 Å². The number of hydrogen-bond donors (Lipinski definition) is 0. The smallest absolute Gasteiger partial charge is 0.306 e. The molecule has 0 aromatic heterocycles. The molecular formula is C64H108NO8P. The van der Waals surface area contributed by atoms with Crippen LogP contribution in [0.15, 0.2) is 122 Å². The highest BCUT2D eigenvalue weighted by atomic mass is 31.2. The summed E-state index contributed by atoms with van der Waals surface area (Å²) in [6.45, 7) is 4.08. The van der Waals surface area contributed by atoms with Gasteiger partial charge in [-0.05, 0) is 89.9 Å². The number of esters is 2. The van der Waals surface area contributed by atoms with E-state index in [2.05, 4.69) is 135 Å². The number of quaternary nitrogens is 1. The van der Waals surface area contributed by atoms with Crippen LogP contribution in [0.4, 0.5) is 0 Å². The minimum Gasteiger partial charge on any atom is -0.756 e. The Morgan fingerprint density at radius 3 is 1.15 bits per heavy atom. The van der Waals surface area contributed by atoms with Gasteiger partial charge in [-0.15, -0.1) is 0 Å². The Morgan fingerprint density at radius 2 is 0.770 bits per heavy atom. The lowest BCUT2D eigenvalue weighted by Gasteiger charge is -2.28. The van der Waals surface area contributed by atoms with Crippen LogP contribution in [0.25, 0.3) is 0 Å². The van der Waals surface area contributed by atoms with E-state index in [4.69, 9.17) is 18.5 Å². The van der Waals surface area contributed by atoms with Crippen molar-refractivity contribution in [1.82, 2.24) is 0 Å². The highest BCUT2D eigenvalue weighted by molar-refractivity contribution is 7.45. The Balaban J connectivity index is 4.02. The molecule has 9 nitrogen and oxygen atoms in total. The summed E-state index contributed by atoms with van der Waals surface area (Å²) in [6.07, 6.45) is 77.0. The zero-order valence-corrected chi connectivity index (χ0v) is 48.6. The van der Waals surface area contributed by atoms with Crippen LogP contribution in [0.5, 0.6) is 0 Å². The van der Waals surface area contributed by atoms with Crippen molar-refractivity contribution in [2.45, 2.75) is 225 Å². The molecule has 0 N–H and O–H groups in total. The molecular weight excluding hydrogens is 942 g/mol. The summed E-state index contributed by atoms with van der Waals surface area (Å²) in [5.41, 5.74) is 0. The number of rotatable bonds is 52. The third-order valence-electron chi connectivity index (χ3n) is 12.0. The molecule has 0 aliphatic carbocycles. The number of hydrogen-bond acceptors (Lipinski definition) is 8. The van der Waals surface area contributed by atoms with Gasteiger partial charge in [0.15, 0.2) is 6.10 Å². The van der Waals surface area contributed by atoms with Crippen molar-refractivity contribution in [1.29, 1.82) is 0 Å². The van der Waals surface area contributed by atoms with Gasteiger partial charge in [0.25, 0.3) is 7.82 Å². The zero-order chi connectivity index (χ0) is 54.2. The normalized spacial score (nSPS) is 14.2. The molecule has 2 atom stereocenters. The Morgan fingerprint density at radius 1 is 0.432 bits per heavy atom. The van der Waals surface area contributed by atoms with Gasteiger partial charge in [0.2, 0.25) is 0 Å². The number of ether oxygens (including phenoxy) is 2. The first-order chi connectivity index (χ1) is 36.0. The molecule has 0 amide bonds. The predicted octanol–water partition coefficient (Wildman–Crippen LogP) is 17.7. The van der Waals surface area contributed by atoms with Gasteiger partial charge in [-0.3, -0.25) is 14.2 Å². The van der Waals surface area contributed by atoms with Crippen LogP contribution in [0.3, 0.4) is 0 Å². The summed E-state index contributed by atoms with van der Waals surface area (Å²) in [5, 5.41) is 0. The Kier molecular flexibility index (Phi) is 51.6. The van der Waals surface area contributed by atoms with E-state index >= 15 is 0 Å². The first-order valence-corrected chi connectivity index (χ1v) is 30.7. The minimum atomic E-state index is -4.63. The molecule has 0 aromatic carbocycles. The highest BCUT2D eigenvalue weighted by Crippen LogP contribution is 2.38. The van der Waals surface area contributed by atoms with E-state index in [1.807, 2.05) is 21.1 Å². The molecule has 10 heteroatoms. The molecule has 0 heterocycles. The van der Waals surface area contributed by atoms with Gasteiger partial charge in [-0.1, -0.05) is 238 Å². The molecule has 0 aliphatic rings. The molecule has 0 aliphatic heterocycles. The Labute approximate surface area is 454 Å². The topological polar surface area (TPSA) is 111 Å². The van der Waals surface area contributed by atoms with Crippen molar-refractivity contribution >= 4 is 19.8 Å². The van der Waals surface area contributed by atoms with Crippen LogP contribution in [0.1, 0.15) is 219 Å². The average molecular weight is 1050 g/mol. The second-order valence-corrected chi connectivity index (χ2v) is 21.7. The minimum absolute atomic E-state index is 0.0355. The maximum Gasteiger partial charge on any atom is 0.306 e. The van der Waals surface area contributed by atoms with Gasteiger partial charge in [0.1, 0.15) is 19.8 Å². The number of nitrogens with zero attached hydrogens (tertiary/aromatic N) is 1. The molecule has 74 heavy (non-hydrogen) atoms. The number of carbonyl (C=O) groups excluding carboxylic acids is 2. The number of unbranched alkanes of at least 4 members (excludes halogenated alkanes) is 18. The van der Waals surface area contributed by atoms with Crippen molar-refractivity contribution in [2.24, 2.45) is 0 Å². The Hall–Kier alpha value is -3.59. The van der Waals surface area contributed by atoms with Crippen molar-refractivity contribution in [3.05, 3.63) is 122 Å². The molecule has 0 bridgehead atoms. The van der Waals surface area contributed by atoms with Crippen molar-refractivity contribution in [3.63, 3.8) is 0 Å². The fourth-order valence-electron chi connectivity index (χ4n) is 7.51. The number of phosphoric ester groups is 1. The van der Waals surface area contributed by atoms with E-state index < -0.39 is 32.5 Å². The molecule has 0 aromatic rings. The number of phosphoric acid groups is 1. The van der Waals surface area contributed by atoms with E-state index in [0.29, 0.717) is 17.4 Å². The fourth-order valence-corrected chi connectivity index (χ4v) is 8.24. The third kappa shape index (κ3) is 57.7. The lowest BCUT2D eigenvalue weighted by atomic mass is 10.0. The van der Waals surface area contributed by atoms with Crippen LogP contribution < -0.4 is 4.89 Å². The first-order valence-electron chi connectivity index (χ1n) is 29.2. The van der Waals surface area contributed by atoms with Gasteiger partial charge < -0.3 is 27.9 Å². The summed E-state index contributed by atoms with van der Waals surface area (Å²) >= 11 is 0. The lowest BCUT2D eigenvalue weighted by molar-refractivity contribution is -0.870. The number of allylic oxidation sites excluding steroid dienone is 20. The second-order valence-electron chi connectivity index (χ2n) is 20.3. The van der Waals surface area contributed by atoms with Gasteiger partial charge in [-0.2, -0.15) is 0 Å². The highest BCUT2D eigenvalue weighted by Gasteiger charge is 2.21. The summed E-state index contributed by atoms with van der Waals surface area (Å²) < 4.78 is 34.0. The van der Waals surface area contributed by atoms with E-state index in [1.165, 1.54) is 77.0 Å². The first kappa shape index (κ1) is 70.4. The zero-order valence-electron chi connectivity index (χ0n) is 47.7. The van der Waals surface area contributed by atoms with Gasteiger partial charge in [-0.25, -0.2) is 0 Å². The monoisotopic (exact) mass is 1050 g/mol. The molecule has 0 saturated carbocycles. The number of likely N-dealkylation sites (N-methyl/N-ethyl adjacent to an activating group) is 1. The third-order valence-corrected chi connectivity index (χ3v) is 13.0. The quantitative estimate of drug-likeness (QED) is 0.0195. The van der Waals surface area contributed by atoms with Gasteiger partial charge >= 0.3 is 11.9 Å². The van der Waals surface area contributed by atoms with Crippen LogP contribution in [0, 0.1) is 0 Å². The van der Waals surface area contributed by atoms with E-state index in [1.54, 1.807) is 0 Å². The standard InChI is InChI=1S/C64H108NO8P/c1-6-8-10-12-14-16-17-18-19-20-21-22-23-24-25-26-27-28-29-30-31-32-33-34-35-36-37-38-39-40-41-42-43-44-45-46-47-49-51-53-55-57-64(67)73-62(61-72-74(68,69)71-59-58-65(3,4)5)60-70-63(66)56-54-52-50-48-15-13-11-9-7-2/h8,10,14,16,18-19,21-22,24-25,27-28,30-31,33-34,36-37,39-40,62H,6-7,9,11-13,15,17,20,23,26,29,32,35,38,41-61H2,1-5H3/b10-8-,16-14-,19-18-,22-21-,25-24-,28-27-,31-30-,34-33-,37-36-,40-39-. The van der Waals surface area contributed by atoms with Crippen molar-refractivity contribution in [2.75, 3.05) is 47.5 Å². The van der Waals surface area contributed by atoms with Crippen molar-refractivity contribution < 1.29 is 42.1 Å². The van der Waals surface area contributed by atoms with E-state index in [9.17, 15) is 19.0 Å². The lowest BCUT2D eigenvalue weighted by Crippen LogP contribution is -2.37. The van der Waals surface area contributed by atoms with Crippen LogP contribution >= 0.6 is 7.82 Å². The summed E-state index contributed by atoms with van der Waals surface area (Å²) in [6, 6.07) is 0. The molecule has 2 unspecified atom stereocenters. The summed E-state index contributed by atoms with van der Waals surface area (Å²) in [7, 11) is 1.15. The maximum absolute atomic E-state index is 12.7. The summed E-state index contributed by atoms with van der Waals surface area (Å²) in [5.74, 6) is -0.846. The second kappa shape index (κ2) is 54.2. The molecule has 0 fully saturated rings. The molecule has 422 valence electrons. The SMILES string of the molecule is CC/C=C\C/C=C\C/C=C\C/C=C\C/C=C\C/C=C\C/C=C\C/C=C\C/C=C\C/C=C\CCCCCCCCCCCCC(=O)OC(COC(=O)CCCCCCCCCCC)COP(=O)([O-])OCC[N+](C)(C)C. The predicted molar refractivity (Wildman–Crippen MR) is 314 cm³/mol. The number of carbonyl (C=O) groups is 2. The molecule has 0 spiro atoms. The van der Waals surface area contributed by atoms with Crippen LogP contribution in [-0.4, -0.2) is 70.0 Å². The molecule has 0 radical (unpaired) electrons. The van der Waals surface area contributed by atoms with Gasteiger partial charge in [0.05, 0.1) is 27.7 Å². The average Bonchev–Trinajstić information content (AvgIpc) is 3.36. The van der Waals surface area contributed by atoms with Crippen LogP contribution in [0.2, 0.25) is 0 Å². The summed E-state index contributed by atoms with van der Waals surface area (Å²) in [4.78, 5) is 37.6.